The molecular weight excluding hydrogens is 240 g/mol. The molecule has 1 heterocycles. The van der Waals surface area contributed by atoms with Crippen molar-refractivity contribution in [1.82, 2.24) is 10.2 Å². The molecule has 1 fully saturated rings. The van der Waals surface area contributed by atoms with Crippen LogP contribution in [-0.4, -0.2) is 56.9 Å². The lowest BCUT2D eigenvalue weighted by Crippen LogP contribution is -2.57. The van der Waals surface area contributed by atoms with Crippen LogP contribution in [0.1, 0.15) is 26.2 Å². The van der Waals surface area contributed by atoms with Crippen molar-refractivity contribution < 1.29 is 13.2 Å². The molecule has 0 radical (unpaired) electrons. The summed E-state index contributed by atoms with van der Waals surface area (Å²) in [6.07, 6.45) is 2.76. The zero-order chi connectivity index (χ0) is 13.1. The van der Waals surface area contributed by atoms with E-state index in [0.29, 0.717) is 32.5 Å². The van der Waals surface area contributed by atoms with Gasteiger partial charge in [0.25, 0.3) is 0 Å². The highest BCUT2D eigenvalue weighted by Gasteiger charge is 2.49. The number of hydrogen-bond donors (Lipinski definition) is 1. The van der Waals surface area contributed by atoms with Gasteiger partial charge in [-0.15, -0.1) is 0 Å². The molecule has 6 heteroatoms. The largest absolute Gasteiger partial charge is 0.344 e. The number of nitrogens with one attached hydrogen (secondary N) is 1. The Morgan fingerprint density at radius 3 is 2.29 bits per heavy atom. The maximum absolute atomic E-state index is 12.4. The van der Waals surface area contributed by atoms with Crippen molar-refractivity contribution in [2.75, 3.05) is 32.9 Å². The topological polar surface area (TPSA) is 66.5 Å². The van der Waals surface area contributed by atoms with E-state index in [4.69, 9.17) is 0 Å². The summed E-state index contributed by atoms with van der Waals surface area (Å²) in [5, 5.41) is 3.10. The van der Waals surface area contributed by atoms with Crippen LogP contribution in [0.25, 0.3) is 0 Å². The van der Waals surface area contributed by atoms with Gasteiger partial charge < -0.3 is 10.2 Å². The first kappa shape index (κ1) is 14.4. The monoisotopic (exact) mass is 262 g/mol. The van der Waals surface area contributed by atoms with Crippen LogP contribution in [0.2, 0.25) is 0 Å². The Morgan fingerprint density at radius 2 is 1.88 bits per heavy atom. The highest BCUT2D eigenvalue weighted by molar-refractivity contribution is 7.92. The summed E-state index contributed by atoms with van der Waals surface area (Å²) in [7, 11) is -1.70. The first-order valence-corrected chi connectivity index (χ1v) is 7.90. The maximum Gasteiger partial charge on any atom is 0.243 e. The van der Waals surface area contributed by atoms with Crippen molar-refractivity contribution in [3.05, 3.63) is 0 Å². The first-order chi connectivity index (χ1) is 7.85. The highest BCUT2D eigenvalue weighted by atomic mass is 32.2. The molecule has 0 aromatic heterocycles. The fourth-order valence-electron chi connectivity index (χ4n) is 2.36. The van der Waals surface area contributed by atoms with Gasteiger partial charge in [-0.3, -0.25) is 4.79 Å². The number of hydrogen-bond acceptors (Lipinski definition) is 4. The molecule has 0 spiro atoms. The van der Waals surface area contributed by atoms with Crippen LogP contribution in [0.4, 0.5) is 0 Å². The summed E-state index contributed by atoms with van der Waals surface area (Å²) in [4.78, 5) is 13.9. The van der Waals surface area contributed by atoms with E-state index in [9.17, 15) is 13.2 Å². The molecule has 0 aromatic rings. The third kappa shape index (κ3) is 2.80. The van der Waals surface area contributed by atoms with Crippen LogP contribution in [0, 0.1) is 0 Å². The fraction of sp³-hybridized carbons (Fsp3) is 0.909. The zero-order valence-electron chi connectivity index (χ0n) is 10.8. The molecule has 1 rings (SSSR count). The summed E-state index contributed by atoms with van der Waals surface area (Å²) in [6.45, 7) is 3.74. The van der Waals surface area contributed by atoms with Gasteiger partial charge in [0.1, 0.15) is 0 Å². The minimum absolute atomic E-state index is 0.247. The standard InChI is InChI=1S/C11H22N2O3S/c1-4-9-13(2)10(14)11(17(3,15)16)5-7-12-8-6-11/h12H,4-9H2,1-3H3. The maximum atomic E-state index is 12.4. The molecule has 0 aliphatic carbocycles. The molecular formula is C11H22N2O3S. The van der Waals surface area contributed by atoms with Crippen molar-refractivity contribution in [3.63, 3.8) is 0 Å². The number of carbonyl (C=O) groups is 1. The van der Waals surface area contributed by atoms with Crippen LogP contribution >= 0.6 is 0 Å². The second-order valence-electron chi connectivity index (χ2n) is 4.74. The number of carbonyl (C=O) groups excluding carboxylic acids is 1. The molecule has 1 aliphatic heterocycles. The average Bonchev–Trinajstić information content (AvgIpc) is 2.28. The smallest absolute Gasteiger partial charge is 0.243 e. The van der Waals surface area contributed by atoms with Gasteiger partial charge in [-0.25, -0.2) is 8.42 Å². The Morgan fingerprint density at radius 1 is 1.35 bits per heavy atom. The number of sulfone groups is 1. The van der Waals surface area contributed by atoms with Crippen LogP contribution in [0.5, 0.6) is 0 Å². The van der Waals surface area contributed by atoms with Gasteiger partial charge in [-0.05, 0) is 32.4 Å². The minimum Gasteiger partial charge on any atom is -0.344 e. The van der Waals surface area contributed by atoms with Crippen LogP contribution in [-0.2, 0) is 14.6 Å². The minimum atomic E-state index is -3.38. The van der Waals surface area contributed by atoms with E-state index in [1.54, 1.807) is 11.9 Å². The van der Waals surface area contributed by atoms with E-state index in [1.165, 1.54) is 6.26 Å². The number of amides is 1. The molecule has 0 saturated carbocycles. The van der Waals surface area contributed by atoms with Gasteiger partial charge in [0.15, 0.2) is 14.6 Å². The number of rotatable bonds is 4. The van der Waals surface area contributed by atoms with Gasteiger partial charge in [0.05, 0.1) is 0 Å². The van der Waals surface area contributed by atoms with Gasteiger partial charge in [0.2, 0.25) is 5.91 Å². The lowest BCUT2D eigenvalue weighted by molar-refractivity contribution is -0.133. The van der Waals surface area contributed by atoms with Crippen molar-refractivity contribution in [2.45, 2.75) is 30.9 Å². The predicted molar refractivity (Wildman–Crippen MR) is 67.6 cm³/mol. The van der Waals surface area contributed by atoms with Crippen molar-refractivity contribution in [3.8, 4) is 0 Å². The number of piperidine rings is 1. The molecule has 0 aromatic carbocycles. The van der Waals surface area contributed by atoms with E-state index in [-0.39, 0.29) is 5.91 Å². The average molecular weight is 262 g/mol. The van der Waals surface area contributed by atoms with Crippen LogP contribution in [0.3, 0.4) is 0 Å². The van der Waals surface area contributed by atoms with Crippen molar-refractivity contribution in [1.29, 1.82) is 0 Å². The molecule has 0 bridgehead atoms. The van der Waals surface area contributed by atoms with E-state index < -0.39 is 14.6 Å². The lowest BCUT2D eigenvalue weighted by atomic mass is 9.95. The van der Waals surface area contributed by atoms with E-state index in [2.05, 4.69) is 5.32 Å². The Labute approximate surface area is 103 Å². The Bertz CT molecular complexity index is 372. The summed E-state index contributed by atoms with van der Waals surface area (Å²) in [5.41, 5.74) is 0. The predicted octanol–water partition coefficient (Wildman–Crippen LogP) is 0.0216. The van der Waals surface area contributed by atoms with Crippen LogP contribution in [0.15, 0.2) is 0 Å². The van der Waals surface area contributed by atoms with Gasteiger partial charge in [0, 0.05) is 19.8 Å². The quantitative estimate of drug-likeness (QED) is 0.776. The Hall–Kier alpha value is -0.620. The van der Waals surface area contributed by atoms with E-state index in [1.807, 2.05) is 6.92 Å². The molecule has 5 nitrogen and oxygen atoms in total. The molecule has 0 atom stereocenters. The van der Waals surface area contributed by atoms with E-state index >= 15 is 0 Å². The van der Waals surface area contributed by atoms with E-state index in [0.717, 1.165) is 6.42 Å². The normalized spacial score (nSPS) is 19.9. The second-order valence-corrected chi connectivity index (χ2v) is 7.07. The summed E-state index contributed by atoms with van der Waals surface area (Å²) in [6, 6.07) is 0. The first-order valence-electron chi connectivity index (χ1n) is 6.01. The molecule has 1 saturated heterocycles. The third-order valence-corrected chi connectivity index (χ3v) is 5.42. The molecule has 17 heavy (non-hydrogen) atoms. The van der Waals surface area contributed by atoms with Crippen LogP contribution < -0.4 is 5.32 Å². The van der Waals surface area contributed by atoms with Crippen molar-refractivity contribution >= 4 is 15.7 Å². The molecule has 1 N–H and O–H groups in total. The Balaban J connectivity index is 3.03. The highest BCUT2D eigenvalue weighted by Crippen LogP contribution is 2.29. The summed E-state index contributed by atoms with van der Waals surface area (Å²) in [5.74, 6) is -0.247. The zero-order valence-corrected chi connectivity index (χ0v) is 11.6. The summed E-state index contributed by atoms with van der Waals surface area (Å²) >= 11 is 0. The lowest BCUT2D eigenvalue weighted by Gasteiger charge is -2.37. The Kier molecular flexibility index (Phi) is 4.55. The third-order valence-electron chi connectivity index (χ3n) is 3.42. The second kappa shape index (κ2) is 5.35. The molecule has 1 aliphatic rings. The SMILES string of the molecule is CCCN(C)C(=O)C1(S(C)(=O)=O)CCNCC1. The van der Waals surface area contributed by atoms with Gasteiger partial charge in [-0.1, -0.05) is 6.92 Å². The van der Waals surface area contributed by atoms with Crippen molar-refractivity contribution in [2.24, 2.45) is 0 Å². The fourth-order valence-corrected chi connectivity index (χ4v) is 3.78. The summed E-state index contributed by atoms with van der Waals surface area (Å²) < 4.78 is 22.8. The molecule has 0 unspecified atom stereocenters. The molecule has 1 amide bonds. The number of nitrogens with zero attached hydrogens (tertiary/aromatic N) is 1. The molecule has 100 valence electrons. The van der Waals surface area contributed by atoms with Gasteiger partial charge in [-0.2, -0.15) is 0 Å². The van der Waals surface area contributed by atoms with Gasteiger partial charge >= 0.3 is 0 Å².